The van der Waals surface area contributed by atoms with Crippen molar-refractivity contribution in [2.45, 2.75) is 18.8 Å². The normalized spacial score (nSPS) is 29.6. The summed E-state index contributed by atoms with van der Waals surface area (Å²) in [6, 6.07) is 7.19. The van der Waals surface area contributed by atoms with Crippen LogP contribution >= 0.6 is 11.6 Å². The molecule has 0 radical (unpaired) electrons. The van der Waals surface area contributed by atoms with Gasteiger partial charge in [0.25, 0.3) is 0 Å². The number of nitrogens with one attached hydrogen (secondary N) is 1. The van der Waals surface area contributed by atoms with Crippen LogP contribution in [0.2, 0.25) is 5.02 Å². The number of hydrogen-bond donors (Lipinski definition) is 2. The fraction of sp³-hybridized carbons (Fsp3) is 0.333. The van der Waals surface area contributed by atoms with Gasteiger partial charge >= 0.3 is 5.97 Å². The van der Waals surface area contributed by atoms with Gasteiger partial charge in [0.2, 0.25) is 5.91 Å². The summed E-state index contributed by atoms with van der Waals surface area (Å²) in [4.78, 5) is 23.6. The van der Waals surface area contributed by atoms with Crippen molar-refractivity contribution in [3.63, 3.8) is 0 Å². The Morgan fingerprint density at radius 3 is 2.52 bits per heavy atom. The maximum Gasteiger partial charge on any atom is 0.310 e. The van der Waals surface area contributed by atoms with Crippen LogP contribution in [0.1, 0.15) is 5.56 Å². The van der Waals surface area contributed by atoms with Crippen LogP contribution in [-0.4, -0.2) is 29.2 Å². The van der Waals surface area contributed by atoms with Crippen LogP contribution in [-0.2, 0) is 20.9 Å². The molecule has 3 rings (SSSR count). The van der Waals surface area contributed by atoms with Crippen LogP contribution < -0.4 is 5.32 Å². The molecule has 2 bridgehead atoms. The molecule has 1 aromatic carbocycles. The van der Waals surface area contributed by atoms with Gasteiger partial charge in [-0.25, -0.2) is 0 Å². The third-order valence-corrected chi connectivity index (χ3v) is 4.27. The van der Waals surface area contributed by atoms with Crippen molar-refractivity contribution in [2.75, 3.05) is 0 Å². The van der Waals surface area contributed by atoms with Gasteiger partial charge in [-0.05, 0) is 11.6 Å². The molecule has 4 atom stereocenters. The monoisotopic (exact) mass is 307 g/mol. The van der Waals surface area contributed by atoms with Gasteiger partial charge < -0.3 is 15.2 Å². The second-order valence-electron chi connectivity index (χ2n) is 5.15. The lowest BCUT2D eigenvalue weighted by molar-refractivity contribution is -0.146. The first-order valence-corrected chi connectivity index (χ1v) is 7.03. The number of carboxylic acids is 1. The average Bonchev–Trinajstić information content (AvgIpc) is 3.06. The molecule has 2 N–H and O–H groups in total. The second kappa shape index (κ2) is 5.50. The molecule has 110 valence electrons. The number of amides is 1. The van der Waals surface area contributed by atoms with E-state index >= 15 is 0 Å². The van der Waals surface area contributed by atoms with Crippen LogP contribution in [0, 0.1) is 11.8 Å². The van der Waals surface area contributed by atoms with Crippen LogP contribution in [0.3, 0.4) is 0 Å². The van der Waals surface area contributed by atoms with Crippen LogP contribution in [0.5, 0.6) is 0 Å². The van der Waals surface area contributed by atoms with Crippen LogP contribution in [0.4, 0.5) is 0 Å². The summed E-state index contributed by atoms with van der Waals surface area (Å²) in [7, 11) is 0. The minimum Gasteiger partial charge on any atom is -0.481 e. The molecular weight excluding hydrogens is 294 g/mol. The van der Waals surface area contributed by atoms with Crippen molar-refractivity contribution < 1.29 is 19.4 Å². The van der Waals surface area contributed by atoms with Crippen molar-refractivity contribution in [3.8, 4) is 0 Å². The first-order chi connectivity index (χ1) is 10.1. The van der Waals surface area contributed by atoms with E-state index in [9.17, 15) is 14.7 Å². The standard InChI is InChI=1S/C15H14ClNO4/c16-9-4-2-1-3-8(9)7-17-14(18)12-10-5-6-11(21-10)13(12)15(19)20/h1-6,10-13H,7H2,(H,17,18)(H,19,20)/t10-,11-,12-,13-/m0/s1. The number of fused-ring (bicyclic) bond motifs is 2. The molecule has 6 heteroatoms. The van der Waals surface area contributed by atoms with Crippen molar-refractivity contribution in [1.82, 2.24) is 5.32 Å². The first kappa shape index (κ1) is 14.1. The van der Waals surface area contributed by atoms with Crippen LogP contribution in [0.25, 0.3) is 0 Å². The Bertz CT molecular complexity index is 615. The zero-order valence-electron chi connectivity index (χ0n) is 11.0. The molecular formula is C15H14ClNO4. The number of ether oxygens (including phenoxy) is 1. The summed E-state index contributed by atoms with van der Waals surface area (Å²) in [6.07, 6.45) is 2.50. The molecule has 1 saturated heterocycles. The number of rotatable bonds is 4. The van der Waals surface area contributed by atoms with Gasteiger partial charge in [0.15, 0.2) is 0 Å². The van der Waals surface area contributed by atoms with Crippen molar-refractivity contribution in [2.24, 2.45) is 11.8 Å². The van der Waals surface area contributed by atoms with E-state index in [-0.39, 0.29) is 12.5 Å². The van der Waals surface area contributed by atoms with E-state index in [1.54, 1.807) is 18.2 Å². The van der Waals surface area contributed by atoms with Crippen molar-refractivity contribution in [3.05, 3.63) is 47.0 Å². The SMILES string of the molecule is O=C(O)[C@@H]1[C@@H](C(=O)NCc2ccccc2Cl)[C@@H]2C=C[C@@H]1O2. The number of carbonyl (C=O) groups is 2. The molecule has 0 saturated carbocycles. The highest BCUT2D eigenvalue weighted by molar-refractivity contribution is 6.31. The Hall–Kier alpha value is -1.85. The lowest BCUT2D eigenvalue weighted by atomic mass is 9.82. The molecule has 1 aromatic rings. The lowest BCUT2D eigenvalue weighted by Crippen LogP contribution is -2.42. The number of hydrogen-bond acceptors (Lipinski definition) is 3. The summed E-state index contributed by atoms with van der Waals surface area (Å²) in [5.41, 5.74) is 0.791. The summed E-state index contributed by atoms with van der Waals surface area (Å²) in [5, 5.41) is 12.6. The third-order valence-electron chi connectivity index (χ3n) is 3.90. The maximum atomic E-state index is 12.3. The zero-order valence-corrected chi connectivity index (χ0v) is 11.8. The zero-order chi connectivity index (χ0) is 15.0. The Balaban J connectivity index is 1.69. The molecule has 0 spiro atoms. The van der Waals surface area contributed by atoms with Gasteiger partial charge in [0, 0.05) is 11.6 Å². The van der Waals surface area contributed by atoms with Crippen molar-refractivity contribution >= 4 is 23.5 Å². The molecule has 1 amide bonds. The van der Waals surface area contributed by atoms with Crippen molar-refractivity contribution in [1.29, 1.82) is 0 Å². The topological polar surface area (TPSA) is 75.6 Å². The van der Waals surface area contributed by atoms with Gasteiger partial charge in [-0.1, -0.05) is 42.0 Å². The molecule has 0 aromatic heterocycles. The highest BCUT2D eigenvalue weighted by Gasteiger charge is 2.53. The largest absolute Gasteiger partial charge is 0.481 e. The second-order valence-corrected chi connectivity index (χ2v) is 5.56. The first-order valence-electron chi connectivity index (χ1n) is 6.65. The Morgan fingerprint density at radius 1 is 1.19 bits per heavy atom. The number of aliphatic carboxylic acids is 1. The van der Waals surface area contributed by atoms with E-state index in [2.05, 4.69) is 5.32 Å². The fourth-order valence-corrected chi connectivity index (χ4v) is 3.06. The molecule has 2 heterocycles. The highest BCUT2D eigenvalue weighted by Crippen LogP contribution is 2.39. The molecule has 1 fully saturated rings. The molecule has 2 aliphatic rings. The summed E-state index contributed by atoms with van der Waals surface area (Å²) < 4.78 is 5.48. The third kappa shape index (κ3) is 2.54. The Kier molecular flexibility index (Phi) is 3.69. The van der Waals surface area contributed by atoms with Gasteiger partial charge in [0.05, 0.1) is 18.1 Å². The minimum atomic E-state index is -1.01. The van der Waals surface area contributed by atoms with Gasteiger partial charge in [-0.15, -0.1) is 0 Å². The lowest BCUT2D eigenvalue weighted by Gasteiger charge is -2.21. The Morgan fingerprint density at radius 2 is 1.86 bits per heavy atom. The van der Waals surface area contributed by atoms with E-state index in [4.69, 9.17) is 16.3 Å². The quantitative estimate of drug-likeness (QED) is 0.829. The van der Waals surface area contributed by atoms with Gasteiger partial charge in [-0.3, -0.25) is 9.59 Å². The maximum absolute atomic E-state index is 12.3. The number of carboxylic acid groups (broad SMARTS) is 1. The Labute approximate surface area is 126 Å². The predicted molar refractivity (Wildman–Crippen MR) is 75.7 cm³/mol. The summed E-state index contributed by atoms with van der Waals surface area (Å²) in [5.74, 6) is -2.85. The predicted octanol–water partition coefficient (Wildman–Crippen LogP) is 1.61. The minimum absolute atomic E-state index is 0.266. The van der Waals surface area contributed by atoms with Gasteiger partial charge in [0.1, 0.15) is 5.92 Å². The smallest absolute Gasteiger partial charge is 0.310 e. The molecule has 0 unspecified atom stereocenters. The van der Waals surface area contributed by atoms with E-state index in [1.807, 2.05) is 18.2 Å². The van der Waals surface area contributed by atoms with E-state index in [0.717, 1.165) is 5.56 Å². The average molecular weight is 308 g/mol. The summed E-state index contributed by atoms with van der Waals surface area (Å²) >= 11 is 6.03. The number of halogens is 1. The van der Waals surface area contributed by atoms with Crippen LogP contribution in [0.15, 0.2) is 36.4 Å². The number of benzene rings is 1. The van der Waals surface area contributed by atoms with Gasteiger partial charge in [-0.2, -0.15) is 0 Å². The molecule has 5 nitrogen and oxygen atoms in total. The molecule has 21 heavy (non-hydrogen) atoms. The highest BCUT2D eigenvalue weighted by atomic mass is 35.5. The summed E-state index contributed by atoms with van der Waals surface area (Å²) in [6.45, 7) is 0.266. The number of carbonyl (C=O) groups excluding carboxylic acids is 1. The molecule has 0 aliphatic carbocycles. The van der Waals surface area contributed by atoms with E-state index < -0.39 is 30.0 Å². The van der Waals surface area contributed by atoms with E-state index in [0.29, 0.717) is 5.02 Å². The fourth-order valence-electron chi connectivity index (χ4n) is 2.86. The molecule has 2 aliphatic heterocycles. The van der Waals surface area contributed by atoms with E-state index in [1.165, 1.54) is 0 Å².